The summed E-state index contributed by atoms with van der Waals surface area (Å²) in [5.41, 5.74) is -1.99. The first-order valence-corrected chi connectivity index (χ1v) is 5.07. The molecule has 0 aliphatic carbocycles. The number of aliphatic carboxylic acids is 1. The molecule has 1 amide bonds. The average molecular weight is 231 g/mol. The molecule has 92 valence electrons. The Morgan fingerprint density at radius 3 is 2.44 bits per heavy atom. The molecule has 0 saturated carbocycles. The molecule has 16 heavy (non-hydrogen) atoms. The maximum absolute atomic E-state index is 11.5. The van der Waals surface area contributed by atoms with Crippen LogP contribution < -0.4 is 5.32 Å². The number of alkyl carbamates (subject to hydrolysis) is 1. The highest BCUT2D eigenvalue weighted by atomic mass is 16.6. The first kappa shape index (κ1) is 12.8. The van der Waals surface area contributed by atoms with Crippen LogP contribution in [0, 0.1) is 0 Å². The zero-order valence-corrected chi connectivity index (χ0v) is 9.70. The Kier molecular flexibility index (Phi) is 3.42. The minimum atomic E-state index is -1.34. The van der Waals surface area contributed by atoms with Crippen molar-refractivity contribution >= 4 is 12.1 Å². The van der Waals surface area contributed by atoms with E-state index in [0.717, 1.165) is 0 Å². The molecule has 1 heterocycles. The maximum atomic E-state index is 11.5. The van der Waals surface area contributed by atoms with Crippen molar-refractivity contribution in [3.63, 3.8) is 0 Å². The molecule has 0 bridgehead atoms. The number of hydrogen-bond acceptors (Lipinski definition) is 4. The molecule has 1 aliphatic rings. The molecule has 0 radical (unpaired) electrons. The molecule has 0 spiro atoms. The molecule has 0 aromatic rings. The number of hydrogen-bond donors (Lipinski definition) is 2. The largest absolute Gasteiger partial charge is 0.479 e. The molecular weight excluding hydrogens is 214 g/mol. The van der Waals surface area contributed by atoms with Crippen molar-refractivity contribution in [2.24, 2.45) is 0 Å². The van der Waals surface area contributed by atoms with Crippen LogP contribution in [0.2, 0.25) is 0 Å². The second kappa shape index (κ2) is 4.29. The van der Waals surface area contributed by atoms with Crippen LogP contribution in [0.4, 0.5) is 4.79 Å². The van der Waals surface area contributed by atoms with E-state index in [-0.39, 0.29) is 13.0 Å². The van der Waals surface area contributed by atoms with Crippen molar-refractivity contribution < 1.29 is 24.2 Å². The number of ether oxygens (including phenoxy) is 2. The van der Waals surface area contributed by atoms with E-state index < -0.39 is 23.2 Å². The molecule has 0 aromatic carbocycles. The van der Waals surface area contributed by atoms with Crippen LogP contribution in [0.1, 0.15) is 27.2 Å². The van der Waals surface area contributed by atoms with Crippen LogP contribution in [0.3, 0.4) is 0 Å². The lowest BCUT2D eigenvalue weighted by Gasteiger charge is -2.26. The lowest BCUT2D eigenvalue weighted by atomic mass is 10.00. The van der Waals surface area contributed by atoms with Gasteiger partial charge in [0.2, 0.25) is 0 Å². The van der Waals surface area contributed by atoms with Crippen LogP contribution in [0.5, 0.6) is 0 Å². The zero-order valence-electron chi connectivity index (χ0n) is 9.70. The molecular formula is C10H17NO5. The fraction of sp³-hybridized carbons (Fsp3) is 0.800. The SMILES string of the molecule is CC(C)(C)OC(=O)NC1(C(=O)O)CCOC1. The van der Waals surface area contributed by atoms with Crippen molar-refractivity contribution in [2.75, 3.05) is 13.2 Å². The monoisotopic (exact) mass is 231 g/mol. The summed E-state index contributed by atoms with van der Waals surface area (Å²) < 4.78 is 10.0. The summed E-state index contributed by atoms with van der Waals surface area (Å²) in [7, 11) is 0. The van der Waals surface area contributed by atoms with Crippen molar-refractivity contribution in [3.8, 4) is 0 Å². The van der Waals surface area contributed by atoms with Crippen LogP contribution in [0.25, 0.3) is 0 Å². The van der Waals surface area contributed by atoms with Gasteiger partial charge in [-0.2, -0.15) is 0 Å². The van der Waals surface area contributed by atoms with E-state index in [1.54, 1.807) is 20.8 Å². The van der Waals surface area contributed by atoms with Crippen LogP contribution in [-0.2, 0) is 14.3 Å². The predicted molar refractivity (Wildman–Crippen MR) is 55.2 cm³/mol. The fourth-order valence-corrected chi connectivity index (χ4v) is 1.38. The highest BCUT2D eigenvalue weighted by Gasteiger charge is 2.44. The van der Waals surface area contributed by atoms with Crippen molar-refractivity contribution in [3.05, 3.63) is 0 Å². The smallest absolute Gasteiger partial charge is 0.408 e. The van der Waals surface area contributed by atoms with Gasteiger partial charge in [-0.05, 0) is 20.8 Å². The Bertz CT molecular complexity index is 288. The molecule has 2 N–H and O–H groups in total. The topological polar surface area (TPSA) is 84.9 Å². The quantitative estimate of drug-likeness (QED) is 0.732. The van der Waals surface area contributed by atoms with E-state index >= 15 is 0 Å². The molecule has 6 nitrogen and oxygen atoms in total. The van der Waals surface area contributed by atoms with Crippen molar-refractivity contribution in [1.82, 2.24) is 5.32 Å². The number of carbonyl (C=O) groups is 2. The van der Waals surface area contributed by atoms with E-state index in [2.05, 4.69) is 5.32 Å². The number of carboxylic acids is 1. The van der Waals surface area contributed by atoms with Gasteiger partial charge >= 0.3 is 12.1 Å². The summed E-state index contributed by atoms with van der Waals surface area (Å²) in [6.45, 7) is 5.44. The number of carboxylic acid groups (broad SMARTS) is 1. The van der Waals surface area contributed by atoms with Gasteiger partial charge in [-0.15, -0.1) is 0 Å². The van der Waals surface area contributed by atoms with Crippen molar-refractivity contribution in [1.29, 1.82) is 0 Å². The third kappa shape index (κ3) is 3.10. The van der Waals surface area contributed by atoms with E-state index in [0.29, 0.717) is 6.61 Å². The Morgan fingerprint density at radius 2 is 2.06 bits per heavy atom. The fourth-order valence-electron chi connectivity index (χ4n) is 1.38. The van der Waals surface area contributed by atoms with Crippen LogP contribution >= 0.6 is 0 Å². The molecule has 1 aliphatic heterocycles. The van der Waals surface area contributed by atoms with Gasteiger partial charge in [0.15, 0.2) is 5.54 Å². The third-order valence-electron chi connectivity index (χ3n) is 2.17. The molecule has 1 fully saturated rings. The number of nitrogens with one attached hydrogen (secondary N) is 1. The van der Waals surface area contributed by atoms with E-state index in [9.17, 15) is 9.59 Å². The predicted octanol–water partition coefficient (Wildman–Crippen LogP) is 0.755. The summed E-state index contributed by atoms with van der Waals surface area (Å²) >= 11 is 0. The number of amides is 1. The minimum Gasteiger partial charge on any atom is -0.479 e. The summed E-state index contributed by atoms with van der Waals surface area (Å²) in [5, 5.41) is 11.4. The minimum absolute atomic E-state index is 0.0262. The Labute approximate surface area is 93.9 Å². The lowest BCUT2D eigenvalue weighted by molar-refractivity contribution is -0.144. The van der Waals surface area contributed by atoms with Gasteiger partial charge in [-0.25, -0.2) is 9.59 Å². The first-order valence-electron chi connectivity index (χ1n) is 5.07. The molecule has 1 saturated heterocycles. The highest BCUT2D eigenvalue weighted by Crippen LogP contribution is 2.20. The third-order valence-corrected chi connectivity index (χ3v) is 2.17. The van der Waals surface area contributed by atoms with Gasteiger partial charge in [0, 0.05) is 13.0 Å². The Balaban J connectivity index is 2.63. The van der Waals surface area contributed by atoms with Crippen LogP contribution in [0.15, 0.2) is 0 Å². The molecule has 0 aromatic heterocycles. The normalized spacial score (nSPS) is 25.2. The van der Waals surface area contributed by atoms with E-state index in [4.69, 9.17) is 14.6 Å². The van der Waals surface area contributed by atoms with Gasteiger partial charge in [0.05, 0.1) is 6.61 Å². The highest BCUT2D eigenvalue weighted by molar-refractivity contribution is 5.85. The standard InChI is InChI=1S/C10H17NO5/c1-9(2,3)16-8(14)11-10(7(12)13)4-5-15-6-10/h4-6H2,1-3H3,(H,11,14)(H,12,13). The summed E-state index contributed by atoms with van der Waals surface area (Å²) in [5.74, 6) is -1.10. The average Bonchev–Trinajstić information content (AvgIpc) is 2.49. The van der Waals surface area contributed by atoms with Gasteiger partial charge in [-0.1, -0.05) is 0 Å². The van der Waals surface area contributed by atoms with Gasteiger partial charge < -0.3 is 19.9 Å². The van der Waals surface area contributed by atoms with Gasteiger partial charge in [-0.3, -0.25) is 0 Å². The molecule has 1 rings (SSSR count). The second-order valence-corrected chi connectivity index (χ2v) is 4.82. The van der Waals surface area contributed by atoms with Gasteiger partial charge in [0.25, 0.3) is 0 Å². The maximum Gasteiger partial charge on any atom is 0.408 e. The van der Waals surface area contributed by atoms with E-state index in [1.807, 2.05) is 0 Å². The lowest BCUT2D eigenvalue weighted by Crippen LogP contribution is -2.56. The number of rotatable bonds is 2. The molecule has 1 atom stereocenters. The number of carbonyl (C=O) groups excluding carboxylic acids is 1. The molecule has 1 unspecified atom stereocenters. The summed E-state index contributed by atoms with van der Waals surface area (Å²) in [6.07, 6.45) is -0.484. The van der Waals surface area contributed by atoms with Gasteiger partial charge in [0.1, 0.15) is 5.60 Å². The van der Waals surface area contributed by atoms with Crippen LogP contribution in [-0.4, -0.2) is 41.5 Å². The zero-order chi connectivity index (χ0) is 12.4. The first-order chi connectivity index (χ1) is 7.25. The second-order valence-electron chi connectivity index (χ2n) is 4.82. The Hall–Kier alpha value is -1.30. The summed E-state index contributed by atoms with van der Waals surface area (Å²) in [4.78, 5) is 22.5. The Morgan fingerprint density at radius 1 is 1.44 bits per heavy atom. The van der Waals surface area contributed by atoms with Crippen molar-refractivity contribution in [2.45, 2.75) is 38.3 Å². The molecule has 6 heteroatoms. The summed E-state index contributed by atoms with van der Waals surface area (Å²) in [6, 6.07) is 0. The van der Waals surface area contributed by atoms with E-state index in [1.165, 1.54) is 0 Å².